The predicted molar refractivity (Wildman–Crippen MR) is 148 cm³/mol. The third-order valence-corrected chi connectivity index (χ3v) is 7.64. The lowest BCUT2D eigenvalue weighted by molar-refractivity contribution is -0.318. The molecule has 0 radical (unpaired) electrons. The number of rotatable bonds is 8. The molecule has 2 aliphatic rings. The predicted octanol–water partition coefficient (Wildman–Crippen LogP) is -0.787. The molecule has 2 aliphatic heterocycles. The van der Waals surface area contributed by atoms with Crippen molar-refractivity contribution in [1.82, 2.24) is 0 Å². The molecule has 10 atom stereocenters. The zero-order valence-electron chi connectivity index (χ0n) is 23.8. The van der Waals surface area contributed by atoms with Gasteiger partial charge in [-0.3, -0.25) is 4.79 Å². The van der Waals surface area contributed by atoms with Crippen LogP contribution in [0.1, 0.15) is 6.92 Å². The van der Waals surface area contributed by atoms with Gasteiger partial charge in [0.15, 0.2) is 23.1 Å². The van der Waals surface area contributed by atoms with Crippen LogP contribution in [-0.4, -0.2) is 118 Å². The fourth-order valence-electron chi connectivity index (χ4n) is 5.03. The third kappa shape index (κ3) is 5.93. The SMILES string of the molecule is COc1ccc(-c2cc(=O)c3cc(O[C@@H]4O[C@H](CO[C@@H]5O[C@@H](C)[C@H](O)[C@@H](O)[C@H]5O)[C@@H](O)[C@H](O)[C@H]4O)c(OC)c(O)c3o2)cc1. The van der Waals surface area contributed by atoms with Crippen molar-refractivity contribution >= 4 is 11.0 Å². The van der Waals surface area contributed by atoms with Crippen LogP contribution in [0.25, 0.3) is 22.3 Å². The van der Waals surface area contributed by atoms with E-state index in [4.69, 9.17) is 32.8 Å². The highest BCUT2D eigenvalue weighted by atomic mass is 16.7. The number of aromatic hydroxyl groups is 1. The third-order valence-electron chi connectivity index (χ3n) is 7.64. The molecule has 2 aromatic carbocycles. The quantitative estimate of drug-likeness (QED) is 0.163. The molecule has 240 valence electrons. The molecule has 0 bridgehead atoms. The summed E-state index contributed by atoms with van der Waals surface area (Å²) in [7, 11) is 2.73. The summed E-state index contributed by atoms with van der Waals surface area (Å²) >= 11 is 0. The van der Waals surface area contributed by atoms with Crippen molar-refractivity contribution in [3.05, 3.63) is 46.6 Å². The van der Waals surface area contributed by atoms with E-state index in [1.54, 1.807) is 24.3 Å². The van der Waals surface area contributed by atoms with Crippen molar-refractivity contribution in [2.75, 3.05) is 20.8 Å². The normalized spacial score (nSPS) is 32.4. The van der Waals surface area contributed by atoms with Crippen LogP contribution in [0.15, 0.2) is 45.6 Å². The average molecular weight is 623 g/mol. The van der Waals surface area contributed by atoms with E-state index in [1.165, 1.54) is 33.3 Å². The molecule has 3 heterocycles. The number of fused-ring (bicyclic) bond motifs is 1. The highest BCUT2D eigenvalue weighted by molar-refractivity contribution is 5.89. The second-order valence-electron chi connectivity index (χ2n) is 10.5. The number of aliphatic hydroxyl groups is 6. The Morgan fingerprint density at radius 1 is 0.795 bits per heavy atom. The number of methoxy groups -OCH3 is 2. The summed E-state index contributed by atoms with van der Waals surface area (Å²) in [6.07, 6.45) is -15.2. The van der Waals surface area contributed by atoms with Crippen LogP contribution in [0.4, 0.5) is 0 Å². The highest BCUT2D eigenvalue weighted by Crippen LogP contribution is 2.44. The van der Waals surface area contributed by atoms with E-state index in [9.17, 15) is 40.5 Å². The summed E-state index contributed by atoms with van der Waals surface area (Å²) in [5.74, 6) is -0.375. The summed E-state index contributed by atoms with van der Waals surface area (Å²) in [6, 6.07) is 9.12. The van der Waals surface area contributed by atoms with Gasteiger partial charge < -0.3 is 68.6 Å². The summed E-state index contributed by atoms with van der Waals surface area (Å²) in [5, 5.41) is 72.7. The molecule has 0 saturated carbocycles. The largest absolute Gasteiger partial charge is 0.502 e. The van der Waals surface area contributed by atoms with Gasteiger partial charge in [-0.05, 0) is 37.3 Å². The van der Waals surface area contributed by atoms with Crippen molar-refractivity contribution in [1.29, 1.82) is 0 Å². The molecule has 0 amide bonds. The van der Waals surface area contributed by atoms with Gasteiger partial charge in [0.25, 0.3) is 0 Å². The number of aliphatic hydroxyl groups excluding tert-OH is 6. The monoisotopic (exact) mass is 622 g/mol. The van der Waals surface area contributed by atoms with Crippen LogP contribution in [0.2, 0.25) is 0 Å². The molecule has 15 heteroatoms. The fraction of sp³-hybridized carbons (Fsp3) is 0.483. The number of benzene rings is 2. The van der Waals surface area contributed by atoms with Gasteiger partial charge >= 0.3 is 0 Å². The number of ether oxygens (including phenoxy) is 6. The molecule has 0 unspecified atom stereocenters. The number of phenolic OH excluding ortho intramolecular Hbond substituents is 1. The first-order chi connectivity index (χ1) is 20.9. The Hall–Kier alpha value is -3.51. The van der Waals surface area contributed by atoms with Crippen LogP contribution in [0.5, 0.6) is 23.0 Å². The van der Waals surface area contributed by atoms with Crippen LogP contribution in [-0.2, 0) is 14.2 Å². The summed E-state index contributed by atoms with van der Waals surface area (Å²) in [6.45, 7) is 0.943. The first kappa shape index (κ1) is 31.9. The molecule has 0 aliphatic carbocycles. The first-order valence-corrected chi connectivity index (χ1v) is 13.6. The molecule has 15 nitrogen and oxygen atoms in total. The van der Waals surface area contributed by atoms with Crippen molar-refractivity contribution in [2.24, 2.45) is 0 Å². The molecular formula is C29H34O15. The molecular weight excluding hydrogens is 588 g/mol. The maximum absolute atomic E-state index is 13.1. The van der Waals surface area contributed by atoms with Crippen molar-refractivity contribution < 1.29 is 68.6 Å². The van der Waals surface area contributed by atoms with Gasteiger partial charge in [-0.15, -0.1) is 0 Å². The topological polar surface area (TPSA) is 227 Å². The van der Waals surface area contributed by atoms with E-state index in [0.717, 1.165) is 0 Å². The van der Waals surface area contributed by atoms with Gasteiger partial charge in [0.2, 0.25) is 17.8 Å². The van der Waals surface area contributed by atoms with Gasteiger partial charge in [0.05, 0.1) is 32.3 Å². The smallest absolute Gasteiger partial charge is 0.229 e. The Morgan fingerprint density at radius 2 is 1.45 bits per heavy atom. The van der Waals surface area contributed by atoms with E-state index in [-0.39, 0.29) is 28.2 Å². The highest BCUT2D eigenvalue weighted by Gasteiger charge is 2.47. The molecule has 5 rings (SSSR count). The minimum atomic E-state index is -1.81. The Kier molecular flexibility index (Phi) is 9.31. The molecule has 0 spiro atoms. The number of hydrogen-bond acceptors (Lipinski definition) is 15. The van der Waals surface area contributed by atoms with Crippen molar-refractivity contribution in [3.8, 4) is 34.3 Å². The van der Waals surface area contributed by atoms with E-state index in [0.29, 0.717) is 11.3 Å². The molecule has 3 aromatic rings. The standard InChI is InChI=1S/C29H34O15/c1-11-19(31)21(33)23(35)28(41-11)40-10-18-20(32)22(34)24(36)29(44-18)43-17-8-14-15(30)9-16(12-4-6-13(38-2)7-5-12)42-26(14)25(37)27(17)39-3/h4-9,11,18-24,28-29,31-37H,10H2,1-3H3/t11-,18+,19-,20+,21+,22-,23+,24+,28+,29+/m0/s1. The average Bonchev–Trinajstić information content (AvgIpc) is 3.02. The fourth-order valence-corrected chi connectivity index (χ4v) is 5.03. The van der Waals surface area contributed by atoms with Crippen LogP contribution < -0.4 is 19.6 Å². The van der Waals surface area contributed by atoms with Gasteiger partial charge in [-0.2, -0.15) is 0 Å². The van der Waals surface area contributed by atoms with Gasteiger partial charge in [-0.25, -0.2) is 0 Å². The zero-order valence-corrected chi connectivity index (χ0v) is 23.8. The zero-order chi connectivity index (χ0) is 31.9. The molecule has 2 saturated heterocycles. The lowest BCUT2D eigenvalue weighted by Gasteiger charge is -2.42. The van der Waals surface area contributed by atoms with Gasteiger partial charge in [0.1, 0.15) is 54.2 Å². The van der Waals surface area contributed by atoms with E-state index in [2.05, 4.69) is 0 Å². The molecule has 2 fully saturated rings. The molecule has 44 heavy (non-hydrogen) atoms. The molecule has 1 aromatic heterocycles. The van der Waals surface area contributed by atoms with E-state index < -0.39 is 79.2 Å². The van der Waals surface area contributed by atoms with Gasteiger partial charge in [0, 0.05) is 11.6 Å². The Labute approximate surface area is 249 Å². The number of phenols is 1. The summed E-state index contributed by atoms with van der Waals surface area (Å²) in [5.41, 5.74) is -0.208. The lowest BCUT2D eigenvalue weighted by atomic mass is 9.98. The maximum atomic E-state index is 13.1. The lowest BCUT2D eigenvalue weighted by Crippen LogP contribution is -2.61. The van der Waals surface area contributed by atoms with E-state index in [1.807, 2.05) is 0 Å². The Balaban J connectivity index is 1.39. The first-order valence-electron chi connectivity index (χ1n) is 13.6. The van der Waals surface area contributed by atoms with Crippen molar-refractivity contribution in [3.63, 3.8) is 0 Å². The van der Waals surface area contributed by atoms with Crippen LogP contribution >= 0.6 is 0 Å². The van der Waals surface area contributed by atoms with Crippen LogP contribution in [0.3, 0.4) is 0 Å². The summed E-state index contributed by atoms with van der Waals surface area (Å²) in [4.78, 5) is 13.1. The van der Waals surface area contributed by atoms with Crippen molar-refractivity contribution in [2.45, 2.75) is 68.3 Å². The summed E-state index contributed by atoms with van der Waals surface area (Å²) < 4.78 is 38.5. The minimum Gasteiger partial charge on any atom is -0.502 e. The van der Waals surface area contributed by atoms with Gasteiger partial charge in [-0.1, -0.05) is 0 Å². The Bertz CT molecular complexity index is 1510. The minimum absolute atomic E-state index is 0.0976. The number of hydrogen-bond donors (Lipinski definition) is 7. The second-order valence-corrected chi connectivity index (χ2v) is 10.5. The van der Waals surface area contributed by atoms with E-state index >= 15 is 0 Å². The van der Waals surface area contributed by atoms with Crippen LogP contribution in [0, 0.1) is 0 Å². The Morgan fingerprint density at radius 3 is 2.11 bits per heavy atom. The molecule has 7 N–H and O–H groups in total. The second kappa shape index (κ2) is 12.8. The maximum Gasteiger partial charge on any atom is 0.229 e.